The van der Waals surface area contributed by atoms with Gasteiger partial charge in [-0.05, 0) is 38.1 Å². The van der Waals surface area contributed by atoms with Crippen molar-refractivity contribution < 1.29 is 4.79 Å². The Morgan fingerprint density at radius 3 is 2.78 bits per heavy atom. The summed E-state index contributed by atoms with van der Waals surface area (Å²) in [6.45, 7) is 2.27. The Kier molecular flexibility index (Phi) is 3.90. The predicted octanol–water partition coefficient (Wildman–Crippen LogP) is 2.68. The normalized spacial score (nSPS) is 19.3. The van der Waals surface area contributed by atoms with Gasteiger partial charge in [0.1, 0.15) is 0 Å². The van der Waals surface area contributed by atoms with E-state index in [-0.39, 0.29) is 11.8 Å². The van der Waals surface area contributed by atoms with Crippen molar-refractivity contribution >= 4 is 40.5 Å². The van der Waals surface area contributed by atoms with Gasteiger partial charge in [0.2, 0.25) is 0 Å². The minimum atomic E-state index is -0.248. The molecule has 2 N–H and O–H groups in total. The summed E-state index contributed by atoms with van der Waals surface area (Å²) in [5.74, 6) is -0.344. The average molecular weight is 286 g/mol. The highest BCUT2D eigenvalue weighted by Gasteiger charge is 2.34. The largest absolute Gasteiger partial charge is 0.330 e. The van der Waals surface area contributed by atoms with Crippen LogP contribution in [0.5, 0.6) is 0 Å². The smallest absolute Gasteiger partial charge is 0.256 e. The quantitative estimate of drug-likeness (QED) is 0.928. The molecule has 6 heteroatoms. The van der Waals surface area contributed by atoms with Crippen LogP contribution >= 0.6 is 23.2 Å². The van der Waals surface area contributed by atoms with Crippen LogP contribution in [0.2, 0.25) is 10.0 Å². The van der Waals surface area contributed by atoms with Crippen molar-refractivity contribution in [3.8, 4) is 0 Å². The maximum absolute atomic E-state index is 12.2. The molecule has 0 aromatic heterocycles. The van der Waals surface area contributed by atoms with Gasteiger partial charge in [-0.15, -0.1) is 0 Å². The molecule has 0 saturated heterocycles. The molecule has 0 radical (unpaired) electrons. The number of rotatable bonds is 3. The van der Waals surface area contributed by atoms with Crippen molar-refractivity contribution in [1.82, 2.24) is 0 Å². The van der Waals surface area contributed by atoms with Crippen LogP contribution < -0.4 is 10.7 Å². The Labute approximate surface area is 115 Å². The van der Waals surface area contributed by atoms with Crippen molar-refractivity contribution in [1.29, 1.82) is 0 Å². The molecule has 2 rings (SSSR count). The van der Waals surface area contributed by atoms with Crippen molar-refractivity contribution in [2.24, 2.45) is 16.8 Å². The van der Waals surface area contributed by atoms with Gasteiger partial charge in [-0.3, -0.25) is 4.79 Å². The summed E-state index contributed by atoms with van der Waals surface area (Å²) in [6.07, 6.45) is 0.593. The minimum absolute atomic E-state index is 0.0952. The molecule has 0 aliphatic carbocycles. The van der Waals surface area contributed by atoms with Gasteiger partial charge >= 0.3 is 0 Å². The molecule has 1 unspecified atom stereocenters. The zero-order valence-corrected chi connectivity index (χ0v) is 11.4. The average Bonchev–Trinajstić information content (AvgIpc) is 2.58. The number of carbonyl (C=O) groups excluding carboxylic acids is 1. The van der Waals surface area contributed by atoms with Crippen molar-refractivity contribution in [2.45, 2.75) is 13.3 Å². The maximum atomic E-state index is 12.2. The van der Waals surface area contributed by atoms with Gasteiger partial charge in [0.05, 0.1) is 16.6 Å². The first kappa shape index (κ1) is 13.3. The second-order valence-corrected chi connectivity index (χ2v) is 4.96. The molecule has 0 spiro atoms. The Morgan fingerprint density at radius 1 is 1.44 bits per heavy atom. The lowest BCUT2D eigenvalue weighted by molar-refractivity contribution is -0.119. The summed E-state index contributed by atoms with van der Waals surface area (Å²) in [5.41, 5.74) is 6.80. The summed E-state index contributed by atoms with van der Waals surface area (Å²) in [5, 5.41) is 6.50. The number of hydrogen-bond donors (Lipinski definition) is 1. The predicted molar refractivity (Wildman–Crippen MR) is 74.2 cm³/mol. The summed E-state index contributed by atoms with van der Waals surface area (Å²) >= 11 is 11.9. The van der Waals surface area contributed by atoms with E-state index < -0.39 is 0 Å². The van der Waals surface area contributed by atoms with E-state index >= 15 is 0 Å². The highest BCUT2D eigenvalue weighted by molar-refractivity contribution is 6.37. The SMILES string of the molecule is CC1=NN(c2ccc(Cl)cc2Cl)C(=O)C1CCN. The molecule has 1 aromatic carbocycles. The molecule has 1 atom stereocenters. The first-order valence-electron chi connectivity index (χ1n) is 5.58. The maximum Gasteiger partial charge on any atom is 0.256 e. The van der Waals surface area contributed by atoms with Crippen LogP contribution in [0.25, 0.3) is 0 Å². The molecule has 1 amide bonds. The summed E-state index contributed by atoms with van der Waals surface area (Å²) < 4.78 is 0. The lowest BCUT2D eigenvalue weighted by Gasteiger charge is -2.15. The van der Waals surface area contributed by atoms with Gasteiger partial charge in [-0.25, -0.2) is 0 Å². The van der Waals surface area contributed by atoms with E-state index in [1.54, 1.807) is 18.2 Å². The van der Waals surface area contributed by atoms with E-state index in [4.69, 9.17) is 28.9 Å². The second kappa shape index (κ2) is 5.26. The molecular weight excluding hydrogens is 273 g/mol. The molecule has 18 heavy (non-hydrogen) atoms. The van der Waals surface area contributed by atoms with Crippen LogP contribution in [0.4, 0.5) is 5.69 Å². The fourth-order valence-electron chi connectivity index (χ4n) is 1.93. The monoisotopic (exact) mass is 285 g/mol. The molecule has 1 aromatic rings. The van der Waals surface area contributed by atoms with E-state index in [1.165, 1.54) is 5.01 Å². The van der Waals surface area contributed by atoms with Gasteiger partial charge in [0, 0.05) is 10.7 Å². The fraction of sp³-hybridized carbons (Fsp3) is 0.333. The molecule has 96 valence electrons. The van der Waals surface area contributed by atoms with Gasteiger partial charge in [0.25, 0.3) is 5.91 Å². The number of hydrogen-bond acceptors (Lipinski definition) is 3. The third-order valence-electron chi connectivity index (χ3n) is 2.86. The van der Waals surface area contributed by atoms with Crippen LogP contribution in [0.3, 0.4) is 0 Å². The number of amides is 1. The summed E-state index contributed by atoms with van der Waals surface area (Å²) in [4.78, 5) is 12.2. The molecule has 1 aliphatic rings. The number of carbonyl (C=O) groups is 1. The third-order valence-corrected chi connectivity index (χ3v) is 3.40. The Hall–Kier alpha value is -1.10. The topological polar surface area (TPSA) is 58.7 Å². The standard InChI is InChI=1S/C12H13Cl2N3O/c1-7-9(4-5-15)12(18)17(16-7)11-3-2-8(13)6-10(11)14/h2-3,6,9H,4-5,15H2,1H3. The van der Waals surface area contributed by atoms with Crippen molar-refractivity contribution in [3.63, 3.8) is 0 Å². The molecule has 0 saturated carbocycles. The molecule has 1 aliphatic heterocycles. The van der Waals surface area contributed by atoms with Crippen molar-refractivity contribution in [3.05, 3.63) is 28.2 Å². The number of nitrogens with two attached hydrogens (primary N) is 1. The zero-order valence-electron chi connectivity index (χ0n) is 9.86. The molecule has 0 fully saturated rings. The van der Waals surface area contributed by atoms with E-state index in [0.717, 1.165) is 5.71 Å². The van der Waals surface area contributed by atoms with Crippen LogP contribution in [0.15, 0.2) is 23.3 Å². The van der Waals surface area contributed by atoms with Gasteiger partial charge in [-0.1, -0.05) is 23.2 Å². The van der Waals surface area contributed by atoms with Crippen LogP contribution in [-0.2, 0) is 4.79 Å². The lowest BCUT2D eigenvalue weighted by atomic mass is 10.0. The summed E-state index contributed by atoms with van der Waals surface area (Å²) in [6, 6.07) is 4.95. The van der Waals surface area contributed by atoms with Gasteiger partial charge in [-0.2, -0.15) is 10.1 Å². The minimum Gasteiger partial charge on any atom is -0.330 e. The van der Waals surface area contributed by atoms with E-state index in [0.29, 0.717) is 28.7 Å². The highest BCUT2D eigenvalue weighted by Crippen LogP contribution is 2.33. The van der Waals surface area contributed by atoms with E-state index in [9.17, 15) is 4.79 Å². The third kappa shape index (κ3) is 2.36. The molecule has 1 heterocycles. The molecule has 0 bridgehead atoms. The van der Waals surface area contributed by atoms with E-state index in [2.05, 4.69) is 5.10 Å². The van der Waals surface area contributed by atoms with Crippen LogP contribution in [-0.4, -0.2) is 18.2 Å². The molecule has 4 nitrogen and oxygen atoms in total. The summed E-state index contributed by atoms with van der Waals surface area (Å²) in [7, 11) is 0. The Balaban J connectivity index is 2.33. The molecular formula is C12H13Cl2N3O. The number of anilines is 1. The Morgan fingerprint density at radius 2 is 2.17 bits per heavy atom. The van der Waals surface area contributed by atoms with E-state index in [1.807, 2.05) is 6.92 Å². The van der Waals surface area contributed by atoms with Gasteiger partial charge < -0.3 is 5.73 Å². The first-order valence-corrected chi connectivity index (χ1v) is 6.34. The van der Waals surface area contributed by atoms with Crippen LogP contribution in [0.1, 0.15) is 13.3 Å². The van der Waals surface area contributed by atoms with Crippen molar-refractivity contribution in [2.75, 3.05) is 11.6 Å². The first-order chi connectivity index (χ1) is 8.54. The second-order valence-electron chi connectivity index (χ2n) is 4.12. The number of hydrazone groups is 1. The highest BCUT2D eigenvalue weighted by atomic mass is 35.5. The zero-order chi connectivity index (χ0) is 13.3. The Bertz CT molecular complexity index is 516. The number of halogens is 2. The number of nitrogens with zero attached hydrogens (tertiary/aromatic N) is 2. The van der Waals surface area contributed by atoms with Crippen LogP contribution in [0, 0.1) is 5.92 Å². The number of benzene rings is 1. The fourth-order valence-corrected chi connectivity index (χ4v) is 2.42. The van der Waals surface area contributed by atoms with Gasteiger partial charge in [0.15, 0.2) is 0 Å². The lowest BCUT2D eigenvalue weighted by Crippen LogP contribution is -2.28.